The van der Waals surface area contributed by atoms with E-state index in [4.69, 9.17) is 9.47 Å². The summed E-state index contributed by atoms with van der Waals surface area (Å²) in [5, 5.41) is 3.29. The molecule has 1 fully saturated rings. The minimum absolute atomic E-state index is 0.0703. The third-order valence-corrected chi connectivity index (χ3v) is 3.50. The Morgan fingerprint density at radius 3 is 2.29 bits per heavy atom. The molecular formula is C14H29NO2. The Morgan fingerprint density at radius 1 is 1.00 bits per heavy atom. The Balaban J connectivity index is 2.29. The maximum absolute atomic E-state index is 6.15. The lowest BCUT2D eigenvalue weighted by atomic mass is 9.94. The first-order valence-electron chi connectivity index (χ1n) is 7.19. The Morgan fingerprint density at radius 2 is 1.71 bits per heavy atom. The van der Waals surface area contributed by atoms with Crippen molar-refractivity contribution in [3.05, 3.63) is 0 Å². The summed E-state index contributed by atoms with van der Waals surface area (Å²) in [4.78, 5) is 0. The Kier molecular flexibility index (Phi) is 7.82. The smallest absolute Gasteiger partial charge is 0.0807 e. The van der Waals surface area contributed by atoms with E-state index in [0.29, 0.717) is 0 Å². The Bertz CT molecular complexity index is 177. The van der Waals surface area contributed by atoms with E-state index in [0.717, 1.165) is 32.8 Å². The molecule has 0 radical (unpaired) electrons. The molecule has 1 saturated carbocycles. The molecule has 1 N–H and O–H groups in total. The van der Waals surface area contributed by atoms with Crippen LogP contribution in [-0.2, 0) is 9.47 Å². The van der Waals surface area contributed by atoms with Gasteiger partial charge in [-0.25, -0.2) is 0 Å². The summed E-state index contributed by atoms with van der Waals surface area (Å²) in [5.41, 5.74) is 0.0703. The number of ether oxygens (including phenoxy) is 2. The molecule has 0 aromatic carbocycles. The lowest BCUT2D eigenvalue weighted by Gasteiger charge is -2.33. The highest BCUT2D eigenvalue weighted by Gasteiger charge is 2.30. The fourth-order valence-electron chi connectivity index (χ4n) is 2.63. The number of likely N-dealkylation sites (N-methyl/N-ethyl adjacent to an activating group) is 1. The van der Waals surface area contributed by atoms with Gasteiger partial charge in [0.25, 0.3) is 0 Å². The van der Waals surface area contributed by atoms with Gasteiger partial charge in [-0.05, 0) is 26.3 Å². The molecule has 0 unspecified atom stereocenters. The van der Waals surface area contributed by atoms with Crippen LogP contribution in [0.4, 0.5) is 0 Å². The van der Waals surface area contributed by atoms with Crippen molar-refractivity contribution in [1.82, 2.24) is 5.32 Å². The number of rotatable bonds is 8. The molecule has 17 heavy (non-hydrogen) atoms. The van der Waals surface area contributed by atoms with Crippen molar-refractivity contribution in [3.8, 4) is 0 Å². The molecule has 0 heterocycles. The van der Waals surface area contributed by atoms with Crippen LogP contribution in [0.25, 0.3) is 0 Å². The van der Waals surface area contributed by atoms with Crippen molar-refractivity contribution < 1.29 is 9.47 Å². The average Bonchev–Trinajstić information content (AvgIpc) is 2.56. The first kappa shape index (κ1) is 14.9. The predicted octanol–water partition coefficient (Wildman–Crippen LogP) is 2.74. The van der Waals surface area contributed by atoms with Gasteiger partial charge in [-0.3, -0.25) is 0 Å². The summed E-state index contributed by atoms with van der Waals surface area (Å²) >= 11 is 0. The van der Waals surface area contributed by atoms with E-state index in [1.165, 1.54) is 38.5 Å². The highest BCUT2D eigenvalue weighted by molar-refractivity contribution is 4.85. The first-order chi connectivity index (χ1) is 8.33. The van der Waals surface area contributed by atoms with Gasteiger partial charge in [0.1, 0.15) is 0 Å². The summed E-state index contributed by atoms with van der Waals surface area (Å²) < 4.78 is 11.6. The molecular weight excluding hydrogens is 214 g/mol. The van der Waals surface area contributed by atoms with Crippen LogP contribution in [0.1, 0.15) is 51.9 Å². The van der Waals surface area contributed by atoms with Crippen LogP contribution in [0, 0.1) is 0 Å². The van der Waals surface area contributed by atoms with Crippen molar-refractivity contribution in [1.29, 1.82) is 0 Å². The topological polar surface area (TPSA) is 30.5 Å². The van der Waals surface area contributed by atoms with Gasteiger partial charge < -0.3 is 14.8 Å². The summed E-state index contributed by atoms with van der Waals surface area (Å²) in [6.45, 7) is 5.43. The molecule has 1 aliphatic rings. The molecule has 0 bridgehead atoms. The normalized spacial score (nSPS) is 20.1. The highest BCUT2D eigenvalue weighted by Crippen LogP contribution is 2.29. The molecule has 0 saturated heterocycles. The Labute approximate surface area is 106 Å². The highest BCUT2D eigenvalue weighted by atomic mass is 16.5. The van der Waals surface area contributed by atoms with Crippen LogP contribution in [0.3, 0.4) is 0 Å². The second-order valence-electron chi connectivity index (χ2n) is 5.09. The van der Waals surface area contributed by atoms with Gasteiger partial charge in [0.15, 0.2) is 0 Å². The van der Waals surface area contributed by atoms with E-state index >= 15 is 0 Å². The van der Waals surface area contributed by atoms with E-state index in [1.54, 1.807) is 0 Å². The molecule has 1 rings (SSSR count). The fraction of sp³-hybridized carbons (Fsp3) is 1.00. The average molecular weight is 243 g/mol. The maximum Gasteiger partial charge on any atom is 0.0807 e. The minimum Gasteiger partial charge on any atom is -0.379 e. The van der Waals surface area contributed by atoms with Crippen LogP contribution < -0.4 is 5.32 Å². The third-order valence-electron chi connectivity index (χ3n) is 3.50. The molecule has 3 nitrogen and oxygen atoms in total. The Hall–Kier alpha value is -0.120. The van der Waals surface area contributed by atoms with E-state index < -0.39 is 0 Å². The van der Waals surface area contributed by atoms with E-state index in [2.05, 4.69) is 12.2 Å². The second-order valence-corrected chi connectivity index (χ2v) is 5.09. The zero-order valence-electron chi connectivity index (χ0n) is 11.6. The van der Waals surface area contributed by atoms with Crippen molar-refractivity contribution >= 4 is 0 Å². The monoisotopic (exact) mass is 243 g/mol. The number of nitrogens with one attached hydrogen (secondary N) is 1. The van der Waals surface area contributed by atoms with Crippen LogP contribution in [0.15, 0.2) is 0 Å². The zero-order valence-corrected chi connectivity index (χ0v) is 11.6. The second kappa shape index (κ2) is 8.90. The fourth-order valence-corrected chi connectivity index (χ4v) is 2.63. The van der Waals surface area contributed by atoms with Gasteiger partial charge >= 0.3 is 0 Å². The quantitative estimate of drug-likeness (QED) is 0.525. The van der Waals surface area contributed by atoms with Gasteiger partial charge in [-0.15, -0.1) is 0 Å². The maximum atomic E-state index is 6.15. The molecule has 102 valence electrons. The van der Waals surface area contributed by atoms with Gasteiger partial charge in [0.05, 0.1) is 18.8 Å². The van der Waals surface area contributed by atoms with Gasteiger partial charge in [0, 0.05) is 13.2 Å². The first-order valence-corrected chi connectivity index (χ1v) is 7.19. The molecule has 0 aromatic rings. The summed E-state index contributed by atoms with van der Waals surface area (Å²) in [7, 11) is 2.02. The van der Waals surface area contributed by atoms with Gasteiger partial charge in [0.2, 0.25) is 0 Å². The molecule has 0 aromatic heterocycles. The number of hydrogen-bond acceptors (Lipinski definition) is 3. The summed E-state index contributed by atoms with van der Waals surface area (Å²) in [6.07, 6.45) is 8.81. The van der Waals surface area contributed by atoms with Crippen molar-refractivity contribution in [2.24, 2.45) is 0 Å². The SMILES string of the molecule is CCCOCCOC1(CNC)CCCCCC1. The van der Waals surface area contributed by atoms with Gasteiger partial charge in [-0.2, -0.15) is 0 Å². The minimum atomic E-state index is 0.0703. The summed E-state index contributed by atoms with van der Waals surface area (Å²) in [6, 6.07) is 0. The standard InChI is InChI=1S/C14H29NO2/c1-3-10-16-11-12-17-14(13-15-2)8-6-4-5-7-9-14/h15H,3-13H2,1-2H3. The zero-order chi connectivity index (χ0) is 12.4. The molecule has 3 heteroatoms. The van der Waals surface area contributed by atoms with Crippen LogP contribution in [-0.4, -0.2) is 39.0 Å². The molecule has 0 amide bonds. The van der Waals surface area contributed by atoms with E-state index in [-0.39, 0.29) is 5.60 Å². The largest absolute Gasteiger partial charge is 0.379 e. The molecule has 1 aliphatic carbocycles. The van der Waals surface area contributed by atoms with E-state index in [9.17, 15) is 0 Å². The molecule has 0 atom stereocenters. The lowest BCUT2D eigenvalue weighted by molar-refractivity contribution is -0.0742. The van der Waals surface area contributed by atoms with Crippen molar-refractivity contribution in [2.45, 2.75) is 57.5 Å². The van der Waals surface area contributed by atoms with Crippen molar-refractivity contribution in [2.75, 3.05) is 33.4 Å². The molecule has 0 spiro atoms. The van der Waals surface area contributed by atoms with Crippen LogP contribution in [0.5, 0.6) is 0 Å². The lowest BCUT2D eigenvalue weighted by Crippen LogP contribution is -2.42. The van der Waals surface area contributed by atoms with Crippen LogP contribution in [0.2, 0.25) is 0 Å². The predicted molar refractivity (Wildman–Crippen MR) is 71.4 cm³/mol. The number of hydrogen-bond donors (Lipinski definition) is 1. The summed E-state index contributed by atoms with van der Waals surface area (Å²) in [5.74, 6) is 0. The van der Waals surface area contributed by atoms with E-state index in [1.807, 2.05) is 7.05 Å². The third kappa shape index (κ3) is 5.84. The van der Waals surface area contributed by atoms with Gasteiger partial charge in [-0.1, -0.05) is 32.6 Å². The van der Waals surface area contributed by atoms with Crippen LogP contribution >= 0.6 is 0 Å². The molecule has 0 aliphatic heterocycles. The van der Waals surface area contributed by atoms with Crippen molar-refractivity contribution in [3.63, 3.8) is 0 Å².